The first kappa shape index (κ1) is 17.5. The number of carbonyl (C=O) groups is 2. The van der Waals surface area contributed by atoms with E-state index in [1.165, 1.54) is 0 Å². The van der Waals surface area contributed by atoms with Crippen molar-refractivity contribution in [1.29, 1.82) is 0 Å². The number of hydrogen-bond acceptors (Lipinski definition) is 4. The van der Waals surface area contributed by atoms with Crippen molar-refractivity contribution in [2.75, 3.05) is 0 Å². The number of aromatic nitrogens is 2. The summed E-state index contributed by atoms with van der Waals surface area (Å²) in [7, 11) is 1.86. The quantitative estimate of drug-likeness (QED) is 0.788. The standard InChI is InChI=1S/C20H24N2O3/c1-12-7-8-13(14-10-21-22(6)11-14)9-15(12)16-17(23)19(2,3)25-20(4,5)18(16)24/h7-11,16H,1-6H3. The van der Waals surface area contributed by atoms with E-state index in [2.05, 4.69) is 5.10 Å². The molecule has 1 aromatic heterocycles. The predicted octanol–water partition coefficient (Wildman–Crippen LogP) is 3.20. The molecule has 2 aromatic rings. The SMILES string of the molecule is Cc1ccc(-c2cnn(C)c2)cc1C1C(=O)C(C)(C)OC(C)(C)C1=O. The number of benzene rings is 1. The lowest BCUT2D eigenvalue weighted by molar-refractivity contribution is -0.184. The van der Waals surface area contributed by atoms with Crippen LogP contribution in [0.1, 0.15) is 44.7 Å². The van der Waals surface area contributed by atoms with Crippen molar-refractivity contribution in [3.63, 3.8) is 0 Å². The summed E-state index contributed by atoms with van der Waals surface area (Å²) >= 11 is 0. The van der Waals surface area contributed by atoms with E-state index < -0.39 is 17.1 Å². The summed E-state index contributed by atoms with van der Waals surface area (Å²) in [5.41, 5.74) is 1.57. The number of rotatable bonds is 2. The van der Waals surface area contributed by atoms with Crippen molar-refractivity contribution in [2.24, 2.45) is 7.05 Å². The first-order valence-corrected chi connectivity index (χ1v) is 8.41. The number of Topliss-reactive ketones (excluding diaryl/α,β-unsaturated/α-hetero) is 2. The van der Waals surface area contributed by atoms with Gasteiger partial charge in [0.15, 0.2) is 11.6 Å². The van der Waals surface area contributed by atoms with Gasteiger partial charge in [0.1, 0.15) is 17.1 Å². The molecule has 0 bridgehead atoms. The molecule has 0 amide bonds. The molecule has 0 radical (unpaired) electrons. The van der Waals surface area contributed by atoms with Crippen molar-refractivity contribution in [2.45, 2.75) is 51.7 Å². The van der Waals surface area contributed by atoms with Crippen LogP contribution >= 0.6 is 0 Å². The highest BCUT2D eigenvalue weighted by Crippen LogP contribution is 2.40. The van der Waals surface area contributed by atoms with Gasteiger partial charge in [-0.25, -0.2) is 0 Å². The van der Waals surface area contributed by atoms with E-state index in [9.17, 15) is 9.59 Å². The van der Waals surface area contributed by atoms with Gasteiger partial charge in [-0.2, -0.15) is 5.10 Å². The molecule has 0 spiro atoms. The number of nitrogens with zero attached hydrogens (tertiary/aromatic N) is 2. The Morgan fingerprint density at radius 1 is 1.04 bits per heavy atom. The molecule has 0 atom stereocenters. The highest BCUT2D eigenvalue weighted by molar-refractivity contribution is 6.15. The van der Waals surface area contributed by atoms with Crippen molar-refractivity contribution >= 4 is 11.6 Å². The fourth-order valence-electron chi connectivity index (χ4n) is 3.54. The molecule has 1 aliphatic heterocycles. The summed E-state index contributed by atoms with van der Waals surface area (Å²) in [6, 6.07) is 5.87. The molecule has 1 saturated heterocycles. The number of aryl methyl sites for hydroxylation is 2. The van der Waals surface area contributed by atoms with E-state index in [0.717, 1.165) is 22.3 Å². The number of carbonyl (C=O) groups excluding carboxylic acids is 2. The monoisotopic (exact) mass is 340 g/mol. The largest absolute Gasteiger partial charge is 0.354 e. The molecular formula is C20H24N2O3. The lowest BCUT2D eigenvalue weighted by Crippen LogP contribution is -2.58. The smallest absolute Gasteiger partial charge is 0.179 e. The molecule has 1 aromatic carbocycles. The maximum absolute atomic E-state index is 13.0. The minimum Gasteiger partial charge on any atom is -0.354 e. The van der Waals surface area contributed by atoms with Crippen LogP contribution in [-0.2, 0) is 21.4 Å². The zero-order chi connectivity index (χ0) is 18.6. The van der Waals surface area contributed by atoms with Crippen molar-refractivity contribution in [1.82, 2.24) is 9.78 Å². The summed E-state index contributed by atoms with van der Waals surface area (Å²) in [6.45, 7) is 8.86. The third-order valence-corrected chi connectivity index (χ3v) is 4.85. The third kappa shape index (κ3) is 2.93. The minimum atomic E-state index is -1.00. The van der Waals surface area contributed by atoms with Crippen LogP contribution in [0.25, 0.3) is 11.1 Å². The lowest BCUT2D eigenvalue weighted by atomic mass is 9.73. The summed E-state index contributed by atoms with van der Waals surface area (Å²) in [6.07, 6.45) is 3.69. The maximum atomic E-state index is 13.0. The Hall–Kier alpha value is -2.27. The van der Waals surface area contributed by atoms with E-state index in [1.54, 1.807) is 38.6 Å². The fraction of sp³-hybridized carbons (Fsp3) is 0.450. The molecular weight excluding hydrogens is 316 g/mol. The Labute approximate surface area is 148 Å². The average molecular weight is 340 g/mol. The van der Waals surface area contributed by atoms with Crippen LogP contribution in [0.4, 0.5) is 0 Å². The topological polar surface area (TPSA) is 61.2 Å². The van der Waals surface area contributed by atoms with Gasteiger partial charge in [0, 0.05) is 18.8 Å². The molecule has 25 heavy (non-hydrogen) atoms. The molecule has 132 valence electrons. The maximum Gasteiger partial charge on any atom is 0.179 e. The van der Waals surface area contributed by atoms with Gasteiger partial charge >= 0.3 is 0 Å². The van der Waals surface area contributed by atoms with Gasteiger partial charge in [0.2, 0.25) is 0 Å². The first-order chi connectivity index (χ1) is 11.5. The first-order valence-electron chi connectivity index (χ1n) is 8.41. The molecule has 0 saturated carbocycles. The Kier molecular flexibility index (Phi) is 3.95. The molecule has 5 nitrogen and oxygen atoms in total. The van der Waals surface area contributed by atoms with Gasteiger partial charge in [-0.15, -0.1) is 0 Å². The highest BCUT2D eigenvalue weighted by Gasteiger charge is 2.53. The van der Waals surface area contributed by atoms with Crippen LogP contribution in [0.5, 0.6) is 0 Å². The van der Waals surface area contributed by atoms with E-state index in [0.29, 0.717) is 0 Å². The Balaban J connectivity index is 2.13. The van der Waals surface area contributed by atoms with E-state index in [-0.39, 0.29) is 11.6 Å². The number of ether oxygens (including phenoxy) is 1. The van der Waals surface area contributed by atoms with Gasteiger partial charge in [-0.05, 0) is 57.4 Å². The van der Waals surface area contributed by atoms with Gasteiger partial charge in [-0.3, -0.25) is 14.3 Å². The second-order valence-corrected chi connectivity index (χ2v) is 7.76. The van der Waals surface area contributed by atoms with E-state index >= 15 is 0 Å². The van der Waals surface area contributed by atoms with Crippen molar-refractivity contribution in [3.8, 4) is 11.1 Å². The zero-order valence-electron chi connectivity index (χ0n) is 15.6. The Bertz CT molecular complexity index is 836. The van der Waals surface area contributed by atoms with Crippen LogP contribution in [0.15, 0.2) is 30.6 Å². The normalized spacial score (nSPS) is 20.1. The lowest BCUT2D eigenvalue weighted by Gasteiger charge is -2.43. The number of ketones is 2. The van der Waals surface area contributed by atoms with Crippen LogP contribution in [0.3, 0.4) is 0 Å². The molecule has 0 N–H and O–H groups in total. The summed E-state index contributed by atoms with van der Waals surface area (Å²) in [4.78, 5) is 26.0. The second kappa shape index (κ2) is 5.63. The molecule has 2 heterocycles. The second-order valence-electron chi connectivity index (χ2n) is 7.76. The summed E-state index contributed by atoms with van der Waals surface area (Å²) < 4.78 is 7.51. The summed E-state index contributed by atoms with van der Waals surface area (Å²) in [5.74, 6) is -1.19. The number of hydrogen-bond donors (Lipinski definition) is 0. The summed E-state index contributed by atoms with van der Waals surface area (Å²) in [5, 5.41) is 4.20. The van der Waals surface area contributed by atoms with Gasteiger partial charge in [0.05, 0.1) is 6.20 Å². The predicted molar refractivity (Wildman–Crippen MR) is 95.4 cm³/mol. The highest BCUT2D eigenvalue weighted by atomic mass is 16.5. The van der Waals surface area contributed by atoms with Crippen LogP contribution in [0.2, 0.25) is 0 Å². The molecule has 0 aliphatic carbocycles. The molecule has 1 fully saturated rings. The fourth-order valence-corrected chi connectivity index (χ4v) is 3.54. The molecule has 0 unspecified atom stereocenters. The van der Waals surface area contributed by atoms with Crippen LogP contribution in [-0.4, -0.2) is 32.5 Å². The van der Waals surface area contributed by atoms with Crippen LogP contribution < -0.4 is 0 Å². The zero-order valence-corrected chi connectivity index (χ0v) is 15.6. The Morgan fingerprint density at radius 2 is 1.64 bits per heavy atom. The van der Waals surface area contributed by atoms with Gasteiger partial charge in [0.25, 0.3) is 0 Å². The molecule has 3 rings (SSSR count). The Morgan fingerprint density at radius 3 is 2.16 bits per heavy atom. The van der Waals surface area contributed by atoms with E-state index in [1.807, 2.05) is 38.4 Å². The van der Waals surface area contributed by atoms with Gasteiger partial charge < -0.3 is 4.74 Å². The van der Waals surface area contributed by atoms with Crippen molar-refractivity contribution < 1.29 is 14.3 Å². The third-order valence-electron chi connectivity index (χ3n) is 4.85. The minimum absolute atomic E-state index is 0.191. The average Bonchev–Trinajstić information content (AvgIpc) is 2.93. The van der Waals surface area contributed by atoms with Crippen LogP contribution in [0, 0.1) is 6.92 Å². The molecule has 5 heteroatoms. The van der Waals surface area contributed by atoms with E-state index in [4.69, 9.17) is 4.74 Å². The molecule has 1 aliphatic rings. The van der Waals surface area contributed by atoms with Gasteiger partial charge in [-0.1, -0.05) is 12.1 Å². The van der Waals surface area contributed by atoms with Crippen molar-refractivity contribution in [3.05, 3.63) is 41.7 Å².